The van der Waals surface area contributed by atoms with Crippen LogP contribution in [-0.2, 0) is 11.3 Å². The van der Waals surface area contributed by atoms with E-state index in [2.05, 4.69) is 26.9 Å². The number of halogens is 2. The second-order valence-electron chi connectivity index (χ2n) is 8.76. The summed E-state index contributed by atoms with van der Waals surface area (Å²) < 4.78 is 28.0. The molecule has 2 aliphatic rings. The smallest absolute Gasteiger partial charge is 0.225 e. The lowest BCUT2D eigenvalue weighted by molar-refractivity contribution is 0.0406. The molecule has 2 fully saturated rings. The lowest BCUT2D eigenvalue weighted by Crippen LogP contribution is -2.37. The maximum atomic E-state index is 14.2. The molecule has 172 valence electrons. The predicted octanol–water partition coefficient (Wildman–Crippen LogP) is 4.99. The van der Waals surface area contributed by atoms with Crippen LogP contribution in [0, 0.1) is 11.6 Å². The lowest BCUT2D eigenvalue weighted by atomic mass is 9.83. The average Bonchev–Trinajstić information content (AvgIpc) is 2.82. The Bertz CT molecular complexity index is 932. The normalized spacial score (nSPS) is 19.8. The summed E-state index contributed by atoms with van der Waals surface area (Å²) in [5.74, 6) is -0.227. The summed E-state index contributed by atoms with van der Waals surface area (Å²) in [6, 6.07) is 2.32. The summed E-state index contributed by atoms with van der Waals surface area (Å²) in [6.45, 7) is 3.83. The number of aromatic nitrogens is 2. The number of nitrogen functional groups attached to an aromatic ring is 1. The molecule has 2 N–H and O–H groups in total. The van der Waals surface area contributed by atoms with Crippen molar-refractivity contribution >= 4 is 17.3 Å². The molecule has 1 aromatic carbocycles. The molecular weight excluding hydrogens is 412 g/mol. The molecule has 1 aliphatic carbocycles. The van der Waals surface area contributed by atoms with Crippen LogP contribution in [-0.4, -0.2) is 34.9 Å². The van der Waals surface area contributed by atoms with Gasteiger partial charge in [-0.1, -0.05) is 18.5 Å². The summed E-state index contributed by atoms with van der Waals surface area (Å²) in [5, 5.41) is 4.40. The molecule has 0 spiro atoms. The number of nitrogens with zero attached hydrogens (tertiary/aromatic N) is 4. The van der Waals surface area contributed by atoms with Crippen molar-refractivity contribution < 1.29 is 13.6 Å². The van der Waals surface area contributed by atoms with Crippen LogP contribution in [0.15, 0.2) is 29.7 Å². The summed E-state index contributed by atoms with van der Waals surface area (Å²) in [6.07, 6.45) is 10.7. The van der Waals surface area contributed by atoms with Crippen molar-refractivity contribution in [2.24, 2.45) is 5.16 Å². The van der Waals surface area contributed by atoms with Crippen molar-refractivity contribution in [3.63, 3.8) is 0 Å². The molecule has 1 aliphatic heterocycles. The fourth-order valence-corrected chi connectivity index (χ4v) is 4.48. The van der Waals surface area contributed by atoms with Crippen molar-refractivity contribution in [3.8, 4) is 0 Å². The second kappa shape index (κ2) is 10.2. The van der Waals surface area contributed by atoms with Crippen molar-refractivity contribution in [1.82, 2.24) is 9.97 Å². The number of aryl methyl sites for hydroxylation is 1. The van der Waals surface area contributed by atoms with E-state index in [4.69, 9.17) is 10.6 Å². The highest BCUT2D eigenvalue weighted by Gasteiger charge is 2.25. The van der Waals surface area contributed by atoms with E-state index in [0.29, 0.717) is 5.56 Å². The number of nitrogens with two attached hydrogens (primary N) is 1. The third-order valence-corrected chi connectivity index (χ3v) is 6.40. The highest BCUT2D eigenvalue weighted by molar-refractivity contribution is 5.84. The van der Waals surface area contributed by atoms with Crippen LogP contribution in [0.3, 0.4) is 0 Å². The van der Waals surface area contributed by atoms with Crippen LogP contribution in [0.25, 0.3) is 0 Å². The topological polar surface area (TPSA) is 76.6 Å². The van der Waals surface area contributed by atoms with Crippen molar-refractivity contribution in [3.05, 3.63) is 47.3 Å². The number of benzene rings is 1. The number of piperidine rings is 1. The summed E-state index contributed by atoms with van der Waals surface area (Å²) >= 11 is 0. The Balaban J connectivity index is 1.24. The largest absolute Gasteiger partial charge is 0.396 e. The first-order valence-electron chi connectivity index (χ1n) is 11.5. The molecule has 2 aromatic rings. The molecule has 0 amide bonds. The minimum atomic E-state index is -0.558. The van der Waals surface area contributed by atoms with Crippen LogP contribution in [0.5, 0.6) is 0 Å². The zero-order valence-corrected chi connectivity index (χ0v) is 18.6. The van der Waals surface area contributed by atoms with Gasteiger partial charge in [0.15, 0.2) is 0 Å². The molecule has 6 nitrogen and oxygen atoms in total. The number of rotatable bonds is 6. The van der Waals surface area contributed by atoms with Crippen LogP contribution >= 0.6 is 0 Å². The van der Waals surface area contributed by atoms with Crippen LogP contribution in [0.4, 0.5) is 20.4 Å². The van der Waals surface area contributed by atoms with Gasteiger partial charge < -0.3 is 15.5 Å². The van der Waals surface area contributed by atoms with Crippen LogP contribution < -0.4 is 10.6 Å². The Hall–Kier alpha value is -2.77. The number of hydrogen-bond donors (Lipinski definition) is 1. The number of hydrogen-bond acceptors (Lipinski definition) is 6. The molecule has 4 rings (SSSR count). The maximum absolute atomic E-state index is 14.2. The molecular formula is C24H31F2N5O. The molecule has 2 heterocycles. The van der Waals surface area contributed by atoms with Crippen molar-refractivity contribution in [1.29, 1.82) is 0 Å². The van der Waals surface area contributed by atoms with E-state index in [0.717, 1.165) is 82.2 Å². The van der Waals surface area contributed by atoms with Gasteiger partial charge in [0.25, 0.3) is 0 Å². The monoisotopic (exact) mass is 443 g/mol. The third kappa shape index (κ3) is 5.34. The molecule has 8 heteroatoms. The lowest BCUT2D eigenvalue weighted by Gasteiger charge is -2.31. The highest BCUT2D eigenvalue weighted by atomic mass is 19.1. The molecule has 0 atom stereocenters. The fourth-order valence-electron chi connectivity index (χ4n) is 4.48. The zero-order valence-electron chi connectivity index (χ0n) is 18.6. The highest BCUT2D eigenvalue weighted by Crippen LogP contribution is 2.34. The molecule has 0 unspecified atom stereocenters. The predicted molar refractivity (Wildman–Crippen MR) is 122 cm³/mol. The third-order valence-electron chi connectivity index (χ3n) is 6.40. The minimum Gasteiger partial charge on any atom is -0.396 e. The van der Waals surface area contributed by atoms with E-state index in [9.17, 15) is 8.78 Å². The summed E-state index contributed by atoms with van der Waals surface area (Å²) in [4.78, 5) is 17.0. The molecule has 32 heavy (non-hydrogen) atoms. The van der Waals surface area contributed by atoms with E-state index >= 15 is 0 Å². The van der Waals surface area contributed by atoms with E-state index in [1.807, 2.05) is 12.4 Å². The SMILES string of the molecule is CCCc1cnc(N2CCC(ON=C3CCC(c4cc(F)c(N)cc4F)CC3)CC2)nc1. The summed E-state index contributed by atoms with van der Waals surface area (Å²) in [5.41, 5.74) is 7.88. The van der Waals surface area contributed by atoms with E-state index in [1.54, 1.807) is 0 Å². The quantitative estimate of drug-likeness (QED) is 0.503. The Morgan fingerprint density at radius 1 is 1.06 bits per heavy atom. The minimum absolute atomic E-state index is 0.0176. The maximum Gasteiger partial charge on any atom is 0.225 e. The number of oxime groups is 1. The molecule has 0 radical (unpaired) electrons. The van der Waals surface area contributed by atoms with E-state index in [-0.39, 0.29) is 17.7 Å². The van der Waals surface area contributed by atoms with Gasteiger partial charge in [0.1, 0.15) is 17.7 Å². The number of anilines is 2. The Kier molecular flexibility index (Phi) is 7.17. The standard InChI is InChI=1S/C24H31F2N5O/c1-2-3-16-14-28-24(29-15-16)31-10-8-19(9-11-31)32-30-18-6-4-17(5-7-18)20-12-22(26)23(27)13-21(20)25/h12-15,17,19H,2-11,27H2,1H3. The summed E-state index contributed by atoms with van der Waals surface area (Å²) in [7, 11) is 0. The Morgan fingerprint density at radius 3 is 2.41 bits per heavy atom. The van der Waals surface area contributed by atoms with Crippen LogP contribution in [0.2, 0.25) is 0 Å². The first-order valence-corrected chi connectivity index (χ1v) is 11.5. The molecule has 1 saturated carbocycles. The van der Waals surface area contributed by atoms with Gasteiger partial charge >= 0.3 is 0 Å². The Morgan fingerprint density at radius 2 is 1.75 bits per heavy atom. The second-order valence-corrected chi connectivity index (χ2v) is 8.76. The Labute approximate surface area is 187 Å². The van der Waals surface area contributed by atoms with Crippen LogP contribution in [0.1, 0.15) is 68.9 Å². The van der Waals surface area contributed by atoms with E-state index in [1.165, 1.54) is 11.6 Å². The van der Waals surface area contributed by atoms with Crippen molar-refractivity contribution in [2.45, 2.75) is 70.3 Å². The first-order chi connectivity index (χ1) is 15.5. The average molecular weight is 444 g/mol. The first kappa shape index (κ1) is 22.4. The molecule has 1 aromatic heterocycles. The zero-order chi connectivity index (χ0) is 22.5. The fraction of sp³-hybridized carbons (Fsp3) is 0.542. The molecule has 1 saturated heterocycles. The van der Waals surface area contributed by atoms with Gasteiger partial charge in [-0.2, -0.15) is 0 Å². The van der Waals surface area contributed by atoms with Crippen molar-refractivity contribution in [2.75, 3.05) is 23.7 Å². The van der Waals surface area contributed by atoms with Gasteiger partial charge in [0.2, 0.25) is 5.95 Å². The van der Waals surface area contributed by atoms with Gasteiger partial charge in [0, 0.05) is 44.4 Å². The van der Waals surface area contributed by atoms with E-state index < -0.39 is 11.6 Å². The van der Waals surface area contributed by atoms with Gasteiger partial charge in [0.05, 0.1) is 11.4 Å². The molecule has 0 bridgehead atoms. The van der Waals surface area contributed by atoms with Gasteiger partial charge in [-0.05, 0) is 55.2 Å². The van der Waals surface area contributed by atoms with Gasteiger partial charge in [-0.3, -0.25) is 0 Å². The van der Waals surface area contributed by atoms with Gasteiger partial charge in [-0.25, -0.2) is 18.7 Å². The van der Waals surface area contributed by atoms with Gasteiger partial charge in [-0.15, -0.1) is 0 Å².